The molecule has 0 rings (SSSR count). The zero-order chi connectivity index (χ0) is 15.4. The van der Waals surface area contributed by atoms with Gasteiger partial charge in [0.05, 0.1) is 19.3 Å². The average molecular weight is 415 g/mol. The van der Waals surface area contributed by atoms with E-state index >= 15 is 0 Å². The lowest BCUT2D eigenvalue weighted by atomic mass is 10.2. The number of aliphatic imine (C=N–C) groups is 1. The third kappa shape index (κ3) is 13.3. The summed E-state index contributed by atoms with van der Waals surface area (Å²) in [5, 5.41) is 13.1. The molecule has 21 heavy (non-hydrogen) atoms. The van der Waals surface area contributed by atoms with Crippen LogP contribution in [0.2, 0.25) is 0 Å². The van der Waals surface area contributed by atoms with Crippen LogP contribution in [0.25, 0.3) is 0 Å². The summed E-state index contributed by atoms with van der Waals surface area (Å²) >= 11 is 0. The predicted molar refractivity (Wildman–Crippen MR) is 101 cm³/mol. The molecule has 0 aliphatic heterocycles. The van der Waals surface area contributed by atoms with Crippen molar-refractivity contribution in [3.05, 3.63) is 0 Å². The number of rotatable bonds is 10. The minimum absolute atomic E-state index is 0. The topological polar surface area (TPSA) is 57.1 Å². The SMILES string of the molecule is CCCCN(C)C(=NCC(O)COCC(C)C)NCC.I. The summed E-state index contributed by atoms with van der Waals surface area (Å²) in [4.78, 5) is 6.57. The molecule has 0 fully saturated rings. The van der Waals surface area contributed by atoms with Crippen LogP contribution in [0.4, 0.5) is 0 Å². The lowest BCUT2D eigenvalue weighted by Crippen LogP contribution is -2.40. The van der Waals surface area contributed by atoms with Crippen molar-refractivity contribution in [3.63, 3.8) is 0 Å². The number of hydrogen-bond donors (Lipinski definition) is 2. The Hall–Kier alpha value is -0.0800. The Kier molecular flexibility index (Phi) is 16.4. The first kappa shape index (κ1) is 23.2. The van der Waals surface area contributed by atoms with Gasteiger partial charge in [0, 0.05) is 26.7 Å². The molecular formula is C15H34IN3O2. The summed E-state index contributed by atoms with van der Waals surface area (Å²) in [7, 11) is 2.03. The molecule has 0 saturated heterocycles. The van der Waals surface area contributed by atoms with Crippen LogP contribution < -0.4 is 5.32 Å². The highest BCUT2D eigenvalue weighted by Gasteiger charge is 2.08. The number of hydrogen-bond acceptors (Lipinski definition) is 3. The second kappa shape index (κ2) is 14.8. The molecule has 0 heterocycles. The van der Waals surface area contributed by atoms with Crippen molar-refractivity contribution in [1.82, 2.24) is 10.2 Å². The van der Waals surface area contributed by atoms with Gasteiger partial charge >= 0.3 is 0 Å². The molecule has 0 aromatic heterocycles. The van der Waals surface area contributed by atoms with Gasteiger partial charge in [0.2, 0.25) is 0 Å². The van der Waals surface area contributed by atoms with Gasteiger partial charge in [0.1, 0.15) is 0 Å². The zero-order valence-corrected chi connectivity index (χ0v) is 16.6. The van der Waals surface area contributed by atoms with E-state index in [4.69, 9.17) is 4.74 Å². The van der Waals surface area contributed by atoms with Crippen molar-refractivity contribution in [2.24, 2.45) is 10.9 Å². The fourth-order valence-corrected chi connectivity index (χ4v) is 1.66. The van der Waals surface area contributed by atoms with Gasteiger partial charge in [-0.05, 0) is 19.3 Å². The van der Waals surface area contributed by atoms with Crippen LogP contribution in [-0.4, -0.2) is 62.0 Å². The van der Waals surface area contributed by atoms with Gasteiger partial charge < -0.3 is 20.1 Å². The van der Waals surface area contributed by atoms with E-state index < -0.39 is 6.10 Å². The molecule has 0 aromatic carbocycles. The normalized spacial score (nSPS) is 13.0. The second-order valence-electron chi connectivity index (χ2n) is 5.55. The van der Waals surface area contributed by atoms with Crippen LogP contribution in [0.15, 0.2) is 4.99 Å². The summed E-state index contributed by atoms with van der Waals surface area (Å²) in [6, 6.07) is 0. The fraction of sp³-hybridized carbons (Fsp3) is 0.933. The average Bonchev–Trinajstić information content (AvgIpc) is 2.40. The molecule has 6 heteroatoms. The first-order valence-electron chi connectivity index (χ1n) is 7.76. The molecule has 0 amide bonds. The van der Waals surface area contributed by atoms with E-state index in [2.05, 4.69) is 36.0 Å². The minimum atomic E-state index is -0.540. The summed E-state index contributed by atoms with van der Waals surface area (Å²) in [5.41, 5.74) is 0. The molecule has 1 atom stereocenters. The quantitative estimate of drug-likeness (QED) is 0.327. The van der Waals surface area contributed by atoms with Crippen molar-refractivity contribution < 1.29 is 9.84 Å². The highest BCUT2D eigenvalue weighted by Crippen LogP contribution is 1.97. The predicted octanol–water partition coefficient (Wildman–Crippen LogP) is 2.34. The monoisotopic (exact) mass is 415 g/mol. The minimum Gasteiger partial charge on any atom is -0.389 e. The Labute approximate surface area is 147 Å². The van der Waals surface area contributed by atoms with E-state index in [1.807, 2.05) is 14.0 Å². The number of ether oxygens (including phenoxy) is 1. The maximum Gasteiger partial charge on any atom is 0.193 e. The van der Waals surface area contributed by atoms with E-state index in [1.165, 1.54) is 0 Å². The molecule has 0 aliphatic rings. The van der Waals surface area contributed by atoms with Crippen molar-refractivity contribution in [1.29, 1.82) is 0 Å². The summed E-state index contributed by atoms with van der Waals surface area (Å²) in [5.74, 6) is 1.34. The van der Waals surface area contributed by atoms with E-state index in [-0.39, 0.29) is 24.0 Å². The standard InChI is InChI=1S/C15H33N3O2.HI/c1-6-8-9-18(5)15(16-7-2)17-10-14(19)12-20-11-13(3)4;/h13-14,19H,6-12H2,1-5H3,(H,16,17);1H. The van der Waals surface area contributed by atoms with Gasteiger partial charge in [0.15, 0.2) is 5.96 Å². The smallest absolute Gasteiger partial charge is 0.193 e. The number of halogens is 1. The number of aliphatic hydroxyl groups is 1. The lowest BCUT2D eigenvalue weighted by Gasteiger charge is -2.22. The van der Waals surface area contributed by atoms with Crippen molar-refractivity contribution in [2.75, 3.05) is 39.9 Å². The number of nitrogens with one attached hydrogen (secondary N) is 1. The molecule has 0 bridgehead atoms. The van der Waals surface area contributed by atoms with Crippen LogP contribution in [0.1, 0.15) is 40.5 Å². The first-order valence-corrected chi connectivity index (χ1v) is 7.76. The van der Waals surface area contributed by atoms with Gasteiger partial charge in [-0.2, -0.15) is 0 Å². The molecule has 0 saturated carbocycles. The third-order valence-electron chi connectivity index (χ3n) is 2.76. The number of guanidine groups is 1. The number of aliphatic hydroxyl groups excluding tert-OH is 1. The van der Waals surface area contributed by atoms with Crippen LogP contribution in [0.5, 0.6) is 0 Å². The zero-order valence-electron chi connectivity index (χ0n) is 14.3. The number of unbranched alkanes of at least 4 members (excludes halogenated alkanes) is 1. The third-order valence-corrected chi connectivity index (χ3v) is 2.76. The molecule has 0 radical (unpaired) electrons. The molecule has 1 unspecified atom stereocenters. The summed E-state index contributed by atoms with van der Waals surface area (Å²) in [6.45, 7) is 11.6. The van der Waals surface area contributed by atoms with Crippen molar-refractivity contribution in [2.45, 2.75) is 46.6 Å². The largest absolute Gasteiger partial charge is 0.389 e. The molecular weight excluding hydrogens is 381 g/mol. The lowest BCUT2D eigenvalue weighted by molar-refractivity contribution is 0.0300. The van der Waals surface area contributed by atoms with E-state index in [0.717, 1.165) is 31.9 Å². The Bertz CT molecular complexity index is 263. The molecule has 2 N–H and O–H groups in total. The van der Waals surface area contributed by atoms with Crippen LogP contribution in [-0.2, 0) is 4.74 Å². The van der Waals surface area contributed by atoms with E-state index in [1.54, 1.807) is 0 Å². The van der Waals surface area contributed by atoms with Crippen LogP contribution in [0, 0.1) is 5.92 Å². The molecule has 128 valence electrons. The maximum atomic E-state index is 9.86. The van der Waals surface area contributed by atoms with Gasteiger partial charge in [0.25, 0.3) is 0 Å². The van der Waals surface area contributed by atoms with Gasteiger partial charge in [-0.3, -0.25) is 4.99 Å². The second-order valence-corrected chi connectivity index (χ2v) is 5.55. The Morgan fingerprint density at radius 1 is 1.29 bits per heavy atom. The molecule has 0 spiro atoms. The Morgan fingerprint density at radius 3 is 2.48 bits per heavy atom. The van der Waals surface area contributed by atoms with Gasteiger partial charge in [-0.25, -0.2) is 0 Å². The Morgan fingerprint density at radius 2 is 1.95 bits per heavy atom. The van der Waals surface area contributed by atoms with Crippen LogP contribution >= 0.6 is 24.0 Å². The van der Waals surface area contributed by atoms with E-state index in [9.17, 15) is 5.11 Å². The fourth-order valence-electron chi connectivity index (χ4n) is 1.66. The molecule has 0 aromatic rings. The first-order chi connectivity index (χ1) is 9.51. The molecule has 5 nitrogen and oxygen atoms in total. The number of nitrogens with zero attached hydrogens (tertiary/aromatic N) is 2. The van der Waals surface area contributed by atoms with Gasteiger partial charge in [-0.1, -0.05) is 27.2 Å². The molecule has 0 aliphatic carbocycles. The summed E-state index contributed by atoms with van der Waals surface area (Å²) in [6.07, 6.45) is 1.76. The maximum absolute atomic E-state index is 9.86. The summed E-state index contributed by atoms with van der Waals surface area (Å²) < 4.78 is 5.42. The highest BCUT2D eigenvalue weighted by atomic mass is 127. The van der Waals surface area contributed by atoms with E-state index in [0.29, 0.717) is 25.7 Å². The highest BCUT2D eigenvalue weighted by molar-refractivity contribution is 14.0. The van der Waals surface area contributed by atoms with Crippen LogP contribution in [0.3, 0.4) is 0 Å². The van der Waals surface area contributed by atoms with Crippen molar-refractivity contribution in [3.8, 4) is 0 Å². The van der Waals surface area contributed by atoms with Gasteiger partial charge in [-0.15, -0.1) is 24.0 Å². The Balaban J connectivity index is 0. The van der Waals surface area contributed by atoms with Crippen molar-refractivity contribution >= 4 is 29.9 Å².